The average molecular weight is 146 g/mol. The van der Waals surface area contributed by atoms with Gasteiger partial charge in [0, 0.05) is 6.42 Å². The number of rotatable bonds is 4. The first-order chi connectivity index (χ1) is 4.81. The fraction of sp³-hybridized carbons (Fsp3) is 0.571. The van der Waals surface area contributed by atoms with Gasteiger partial charge in [-0.3, -0.25) is 4.79 Å². The smallest absolute Gasteiger partial charge is 0.295 e. The Bertz CT molecular complexity index is 73.3. The molecule has 0 aliphatic carbocycles. The van der Waals surface area contributed by atoms with Gasteiger partial charge in [-0.25, -0.2) is 0 Å². The van der Waals surface area contributed by atoms with Crippen LogP contribution < -0.4 is 0 Å². The van der Waals surface area contributed by atoms with Gasteiger partial charge in [-0.1, -0.05) is 13.3 Å². The highest BCUT2D eigenvalue weighted by atomic mass is 16.6. The minimum Gasteiger partial charge on any atom is -0.438 e. The van der Waals surface area contributed by atoms with E-state index in [0.29, 0.717) is 6.42 Å². The lowest BCUT2D eigenvalue weighted by Crippen LogP contribution is -2.09. The minimum atomic E-state index is -0.905. The average Bonchev–Trinajstić information content (AvgIpc) is 1.93. The fourth-order valence-electron chi connectivity index (χ4n) is 0.379. The molecule has 0 heterocycles. The molecule has 0 saturated carbocycles. The number of hydrogen-bond acceptors (Lipinski definition) is 3. The normalized spacial score (nSPS) is 10.6. The van der Waals surface area contributed by atoms with Crippen molar-refractivity contribution in [2.75, 3.05) is 0 Å². The maximum atomic E-state index is 9.51. The number of aliphatic hydroxyl groups excluding tert-OH is 1. The van der Waals surface area contributed by atoms with Gasteiger partial charge in [-0.05, 0) is 0 Å². The van der Waals surface area contributed by atoms with Gasteiger partial charge in [0.2, 0.25) is 0 Å². The highest BCUT2D eigenvalue weighted by Gasteiger charge is 1.98. The van der Waals surface area contributed by atoms with E-state index in [0.717, 1.165) is 6.42 Å². The van der Waals surface area contributed by atoms with Crippen LogP contribution in [0.4, 0.5) is 0 Å². The van der Waals surface area contributed by atoms with Crippen LogP contribution in [0.25, 0.3) is 0 Å². The summed E-state index contributed by atoms with van der Waals surface area (Å²) in [6.07, 6.45) is 0.422. The van der Waals surface area contributed by atoms with Crippen molar-refractivity contribution in [3.8, 4) is 0 Å². The van der Waals surface area contributed by atoms with Gasteiger partial charge >= 0.3 is 0 Å². The molecule has 1 unspecified atom stereocenters. The number of aliphatic hydroxyl groups is 1. The molecule has 0 aromatic heterocycles. The molecule has 1 atom stereocenters. The summed E-state index contributed by atoms with van der Waals surface area (Å²) in [4.78, 5) is 9.51. The van der Waals surface area contributed by atoms with Gasteiger partial charge in [0.05, 0.1) is 0 Å². The molecule has 3 nitrogen and oxygen atoms in total. The van der Waals surface area contributed by atoms with E-state index in [9.17, 15) is 4.79 Å². The molecule has 0 aromatic carbocycles. The standard InChI is InChI=1S/C5H10O3.C2H4/c1-2-3-5(7)8-4-6;1-2/h4-5,7H,2-3H2,1H3;1-2H2. The molecule has 0 aromatic rings. The molecule has 0 aliphatic rings. The summed E-state index contributed by atoms with van der Waals surface area (Å²) in [6.45, 7) is 8.15. The highest BCUT2D eigenvalue weighted by molar-refractivity contribution is 5.37. The monoisotopic (exact) mass is 146 g/mol. The Kier molecular flexibility index (Phi) is 13.1. The second-order valence-corrected chi connectivity index (χ2v) is 1.48. The molecule has 0 bridgehead atoms. The summed E-state index contributed by atoms with van der Waals surface area (Å²) in [5, 5.41) is 8.60. The third kappa shape index (κ3) is 10.2. The Morgan fingerprint density at radius 2 is 2.20 bits per heavy atom. The lowest BCUT2D eigenvalue weighted by atomic mass is 10.3. The predicted molar refractivity (Wildman–Crippen MR) is 39.3 cm³/mol. The second-order valence-electron chi connectivity index (χ2n) is 1.48. The maximum Gasteiger partial charge on any atom is 0.295 e. The first kappa shape index (κ1) is 11.9. The van der Waals surface area contributed by atoms with Crippen LogP contribution in [0, 0.1) is 0 Å². The van der Waals surface area contributed by atoms with Crippen LogP contribution in [0.5, 0.6) is 0 Å². The first-order valence-corrected chi connectivity index (χ1v) is 3.08. The van der Waals surface area contributed by atoms with E-state index in [4.69, 9.17) is 5.11 Å². The van der Waals surface area contributed by atoms with Gasteiger partial charge in [-0.15, -0.1) is 13.2 Å². The number of hydrogen-bond donors (Lipinski definition) is 1. The Balaban J connectivity index is 0. The lowest BCUT2D eigenvalue weighted by Gasteiger charge is -2.03. The van der Waals surface area contributed by atoms with E-state index >= 15 is 0 Å². The molecule has 60 valence electrons. The summed E-state index contributed by atoms with van der Waals surface area (Å²) in [6, 6.07) is 0. The van der Waals surface area contributed by atoms with Crippen molar-refractivity contribution >= 4 is 6.47 Å². The molecule has 0 rings (SSSR count). The van der Waals surface area contributed by atoms with Crippen molar-refractivity contribution in [2.45, 2.75) is 26.1 Å². The molecule has 0 fully saturated rings. The maximum absolute atomic E-state index is 9.51. The van der Waals surface area contributed by atoms with Gasteiger partial charge in [0.1, 0.15) is 0 Å². The summed E-state index contributed by atoms with van der Waals surface area (Å²) in [5.41, 5.74) is 0. The Labute approximate surface area is 61.3 Å². The van der Waals surface area contributed by atoms with Crippen LogP contribution in [0.15, 0.2) is 13.2 Å². The molecule has 10 heavy (non-hydrogen) atoms. The van der Waals surface area contributed by atoms with Crippen LogP contribution in [0.2, 0.25) is 0 Å². The van der Waals surface area contributed by atoms with Crippen molar-refractivity contribution in [3.63, 3.8) is 0 Å². The fourth-order valence-corrected chi connectivity index (χ4v) is 0.379. The van der Waals surface area contributed by atoms with Gasteiger partial charge in [0.15, 0.2) is 6.29 Å². The molecule has 1 N–H and O–H groups in total. The third-order valence-corrected chi connectivity index (χ3v) is 0.748. The molecule has 0 aliphatic heterocycles. The van der Waals surface area contributed by atoms with Gasteiger partial charge in [0.25, 0.3) is 6.47 Å². The molecule has 0 amide bonds. The molecular weight excluding hydrogens is 132 g/mol. The summed E-state index contributed by atoms with van der Waals surface area (Å²) in [5.74, 6) is 0. The van der Waals surface area contributed by atoms with Crippen LogP contribution in [0.1, 0.15) is 19.8 Å². The molecule has 0 spiro atoms. The number of carbonyl (C=O) groups is 1. The molecule has 0 radical (unpaired) electrons. The third-order valence-electron chi connectivity index (χ3n) is 0.748. The van der Waals surface area contributed by atoms with Gasteiger partial charge in [-0.2, -0.15) is 0 Å². The Hall–Kier alpha value is -0.830. The summed E-state index contributed by atoms with van der Waals surface area (Å²) in [7, 11) is 0. The quantitative estimate of drug-likeness (QED) is 0.367. The topological polar surface area (TPSA) is 46.5 Å². The van der Waals surface area contributed by atoms with E-state index in [1.165, 1.54) is 0 Å². The van der Waals surface area contributed by atoms with Crippen molar-refractivity contribution in [1.82, 2.24) is 0 Å². The van der Waals surface area contributed by atoms with E-state index < -0.39 is 6.29 Å². The molecule has 3 heteroatoms. The first-order valence-electron chi connectivity index (χ1n) is 3.08. The zero-order valence-electron chi connectivity index (χ0n) is 6.25. The van der Waals surface area contributed by atoms with Crippen molar-refractivity contribution in [1.29, 1.82) is 0 Å². The predicted octanol–water partition coefficient (Wildman–Crippen LogP) is 1.08. The lowest BCUT2D eigenvalue weighted by molar-refractivity contribution is -0.152. The zero-order valence-corrected chi connectivity index (χ0v) is 6.25. The van der Waals surface area contributed by atoms with Crippen molar-refractivity contribution in [2.24, 2.45) is 0 Å². The highest BCUT2D eigenvalue weighted by Crippen LogP contribution is 1.94. The number of ether oxygens (including phenoxy) is 1. The van der Waals surface area contributed by atoms with Crippen molar-refractivity contribution in [3.05, 3.63) is 13.2 Å². The van der Waals surface area contributed by atoms with E-state index in [1.807, 2.05) is 6.92 Å². The summed E-state index contributed by atoms with van der Waals surface area (Å²) < 4.78 is 4.16. The molecular formula is C7H14O3. The van der Waals surface area contributed by atoms with E-state index in [2.05, 4.69) is 17.9 Å². The SMILES string of the molecule is C=C.CCCC(O)OC=O. The largest absolute Gasteiger partial charge is 0.438 e. The number of carbonyl (C=O) groups excluding carboxylic acids is 1. The van der Waals surface area contributed by atoms with E-state index in [-0.39, 0.29) is 6.47 Å². The second kappa shape index (κ2) is 11.0. The Morgan fingerprint density at radius 3 is 2.50 bits per heavy atom. The van der Waals surface area contributed by atoms with Gasteiger partial charge < -0.3 is 9.84 Å². The van der Waals surface area contributed by atoms with Crippen molar-refractivity contribution < 1.29 is 14.6 Å². The van der Waals surface area contributed by atoms with Crippen LogP contribution in [-0.2, 0) is 9.53 Å². The Morgan fingerprint density at radius 1 is 1.70 bits per heavy atom. The van der Waals surface area contributed by atoms with E-state index in [1.54, 1.807) is 0 Å². The summed E-state index contributed by atoms with van der Waals surface area (Å²) >= 11 is 0. The zero-order chi connectivity index (χ0) is 8.41. The van der Waals surface area contributed by atoms with Crippen LogP contribution >= 0.6 is 0 Å². The molecule has 0 saturated heterocycles. The van der Waals surface area contributed by atoms with Crippen LogP contribution in [0.3, 0.4) is 0 Å². The van der Waals surface area contributed by atoms with Crippen LogP contribution in [-0.4, -0.2) is 17.9 Å². The minimum absolute atomic E-state index is 0.250.